The predicted octanol–water partition coefficient (Wildman–Crippen LogP) is 5.39. The van der Waals surface area contributed by atoms with Gasteiger partial charge in [-0.2, -0.15) is 0 Å². The summed E-state index contributed by atoms with van der Waals surface area (Å²) in [5.41, 5.74) is 4.75. The molecule has 2 rings (SSSR count). The van der Waals surface area contributed by atoms with Crippen LogP contribution in [0.25, 0.3) is 0 Å². The van der Waals surface area contributed by atoms with Gasteiger partial charge in [-0.25, -0.2) is 0 Å². The molecule has 0 aliphatic carbocycles. The quantitative estimate of drug-likeness (QED) is 0.652. The van der Waals surface area contributed by atoms with E-state index in [0.29, 0.717) is 0 Å². The van der Waals surface area contributed by atoms with Gasteiger partial charge < -0.3 is 0 Å². The highest BCUT2D eigenvalue weighted by atomic mass is 79.9. The largest absolute Gasteiger partial charge is 0.113 e. The Morgan fingerprint density at radius 3 is 2.29 bits per heavy atom. The number of hydrogen-bond donors (Lipinski definition) is 0. The lowest BCUT2D eigenvalue weighted by molar-refractivity contribution is 1.10. The SMILES string of the molecule is Cc1ccc(C(Cl)c2cccc(Br)c2C)cc1. The van der Waals surface area contributed by atoms with E-state index in [1.54, 1.807) is 0 Å². The second-order valence-corrected chi connectivity index (χ2v) is 5.52. The van der Waals surface area contributed by atoms with Crippen LogP contribution in [-0.4, -0.2) is 0 Å². The van der Waals surface area contributed by atoms with Crippen molar-refractivity contribution in [1.29, 1.82) is 0 Å². The highest BCUT2D eigenvalue weighted by Gasteiger charge is 2.13. The van der Waals surface area contributed by atoms with E-state index in [4.69, 9.17) is 11.6 Å². The molecule has 0 spiro atoms. The lowest BCUT2D eigenvalue weighted by atomic mass is 9.99. The first-order chi connectivity index (χ1) is 8.09. The molecule has 0 saturated carbocycles. The molecule has 1 unspecified atom stereocenters. The van der Waals surface area contributed by atoms with Crippen molar-refractivity contribution in [3.05, 3.63) is 69.2 Å². The molecule has 88 valence electrons. The summed E-state index contributed by atoms with van der Waals surface area (Å²) in [4.78, 5) is 0. The smallest absolute Gasteiger partial charge is 0.0838 e. The van der Waals surface area contributed by atoms with E-state index in [9.17, 15) is 0 Å². The van der Waals surface area contributed by atoms with Gasteiger partial charge in [0.2, 0.25) is 0 Å². The Labute approximate surface area is 116 Å². The van der Waals surface area contributed by atoms with Crippen LogP contribution >= 0.6 is 27.5 Å². The molecule has 2 aromatic rings. The Hall–Kier alpha value is -0.790. The number of aryl methyl sites for hydroxylation is 1. The van der Waals surface area contributed by atoms with Gasteiger partial charge in [-0.05, 0) is 36.6 Å². The highest BCUT2D eigenvalue weighted by Crippen LogP contribution is 2.33. The molecule has 0 fully saturated rings. The second-order valence-electron chi connectivity index (χ2n) is 4.23. The number of hydrogen-bond acceptors (Lipinski definition) is 0. The van der Waals surface area contributed by atoms with Crippen LogP contribution in [0.3, 0.4) is 0 Å². The summed E-state index contributed by atoms with van der Waals surface area (Å²) in [5, 5.41) is -0.0897. The summed E-state index contributed by atoms with van der Waals surface area (Å²) in [7, 11) is 0. The third-order valence-electron chi connectivity index (χ3n) is 2.95. The van der Waals surface area contributed by atoms with Crippen molar-refractivity contribution < 1.29 is 0 Å². The molecule has 17 heavy (non-hydrogen) atoms. The molecular formula is C15H14BrCl. The van der Waals surface area contributed by atoms with E-state index < -0.39 is 0 Å². The van der Waals surface area contributed by atoms with Crippen LogP contribution < -0.4 is 0 Å². The van der Waals surface area contributed by atoms with Crippen LogP contribution in [-0.2, 0) is 0 Å². The minimum Gasteiger partial charge on any atom is -0.113 e. The zero-order chi connectivity index (χ0) is 12.4. The monoisotopic (exact) mass is 308 g/mol. The van der Waals surface area contributed by atoms with Crippen LogP contribution in [0.15, 0.2) is 46.9 Å². The van der Waals surface area contributed by atoms with Gasteiger partial charge in [0.1, 0.15) is 0 Å². The maximum atomic E-state index is 6.54. The fourth-order valence-corrected chi connectivity index (χ4v) is 2.58. The molecular weight excluding hydrogens is 296 g/mol. The second kappa shape index (κ2) is 5.24. The lowest BCUT2D eigenvalue weighted by Crippen LogP contribution is -1.96. The van der Waals surface area contributed by atoms with Gasteiger partial charge in [0.25, 0.3) is 0 Å². The Morgan fingerprint density at radius 2 is 1.65 bits per heavy atom. The normalized spacial score (nSPS) is 12.5. The van der Waals surface area contributed by atoms with E-state index in [2.05, 4.69) is 60.1 Å². The van der Waals surface area contributed by atoms with Crippen LogP contribution in [0.1, 0.15) is 27.6 Å². The Bertz CT molecular complexity index is 517. The summed E-state index contributed by atoms with van der Waals surface area (Å²) >= 11 is 10.1. The first kappa shape index (κ1) is 12.7. The van der Waals surface area contributed by atoms with Crippen LogP contribution in [0.2, 0.25) is 0 Å². The van der Waals surface area contributed by atoms with E-state index in [-0.39, 0.29) is 5.38 Å². The molecule has 0 amide bonds. The number of rotatable bonds is 2. The minimum absolute atomic E-state index is 0.0897. The average molecular weight is 310 g/mol. The van der Waals surface area contributed by atoms with Gasteiger partial charge in [-0.3, -0.25) is 0 Å². The topological polar surface area (TPSA) is 0 Å². The van der Waals surface area contributed by atoms with Crippen LogP contribution in [0.4, 0.5) is 0 Å². The van der Waals surface area contributed by atoms with E-state index in [0.717, 1.165) is 15.6 Å². The molecule has 0 aromatic heterocycles. The molecule has 1 atom stereocenters. The van der Waals surface area contributed by atoms with Crippen LogP contribution in [0, 0.1) is 13.8 Å². The number of halogens is 2. The Kier molecular flexibility index (Phi) is 3.90. The van der Waals surface area contributed by atoms with E-state index >= 15 is 0 Å². The zero-order valence-corrected chi connectivity index (χ0v) is 12.2. The van der Waals surface area contributed by atoms with Gasteiger partial charge in [-0.1, -0.05) is 57.9 Å². The number of alkyl halides is 1. The average Bonchev–Trinajstić information content (AvgIpc) is 2.33. The Balaban J connectivity index is 2.40. The van der Waals surface area contributed by atoms with E-state index in [1.165, 1.54) is 11.1 Å². The van der Waals surface area contributed by atoms with Crippen molar-refractivity contribution in [3.8, 4) is 0 Å². The summed E-state index contributed by atoms with van der Waals surface area (Å²) < 4.78 is 1.10. The molecule has 0 aliphatic rings. The van der Waals surface area contributed by atoms with Crippen molar-refractivity contribution in [2.75, 3.05) is 0 Å². The van der Waals surface area contributed by atoms with E-state index in [1.807, 2.05) is 12.1 Å². The van der Waals surface area contributed by atoms with Gasteiger partial charge in [0.15, 0.2) is 0 Å². The van der Waals surface area contributed by atoms with Crippen LogP contribution in [0.5, 0.6) is 0 Å². The predicted molar refractivity (Wildman–Crippen MR) is 77.8 cm³/mol. The van der Waals surface area contributed by atoms with Crippen molar-refractivity contribution >= 4 is 27.5 Å². The molecule has 0 N–H and O–H groups in total. The third kappa shape index (κ3) is 2.72. The van der Waals surface area contributed by atoms with Gasteiger partial charge in [0, 0.05) is 4.47 Å². The molecule has 0 heterocycles. The third-order valence-corrected chi connectivity index (χ3v) is 4.30. The molecule has 0 aliphatic heterocycles. The first-order valence-electron chi connectivity index (χ1n) is 5.55. The van der Waals surface area contributed by atoms with Gasteiger partial charge >= 0.3 is 0 Å². The van der Waals surface area contributed by atoms with Gasteiger partial charge in [-0.15, -0.1) is 11.6 Å². The lowest BCUT2D eigenvalue weighted by Gasteiger charge is -2.14. The standard InChI is InChI=1S/C15H14BrCl/c1-10-6-8-12(9-7-10)15(17)13-4-3-5-14(16)11(13)2/h3-9,15H,1-2H3. The fourth-order valence-electron chi connectivity index (χ4n) is 1.81. The van der Waals surface area contributed by atoms with Gasteiger partial charge in [0.05, 0.1) is 5.38 Å². The number of benzene rings is 2. The molecule has 0 saturated heterocycles. The fraction of sp³-hybridized carbons (Fsp3) is 0.200. The molecule has 2 aromatic carbocycles. The highest BCUT2D eigenvalue weighted by molar-refractivity contribution is 9.10. The first-order valence-corrected chi connectivity index (χ1v) is 6.78. The van der Waals surface area contributed by atoms with Crippen molar-refractivity contribution in [1.82, 2.24) is 0 Å². The summed E-state index contributed by atoms with van der Waals surface area (Å²) in [5.74, 6) is 0. The molecule has 0 radical (unpaired) electrons. The molecule has 2 heteroatoms. The maximum Gasteiger partial charge on any atom is 0.0838 e. The molecule has 0 bridgehead atoms. The zero-order valence-electron chi connectivity index (χ0n) is 9.87. The minimum atomic E-state index is -0.0897. The van der Waals surface area contributed by atoms with Crippen molar-refractivity contribution in [2.24, 2.45) is 0 Å². The maximum absolute atomic E-state index is 6.54. The Morgan fingerprint density at radius 1 is 1.00 bits per heavy atom. The van der Waals surface area contributed by atoms with Crippen molar-refractivity contribution in [3.63, 3.8) is 0 Å². The summed E-state index contributed by atoms with van der Waals surface area (Å²) in [6.07, 6.45) is 0. The molecule has 0 nitrogen and oxygen atoms in total. The van der Waals surface area contributed by atoms with Crippen molar-refractivity contribution in [2.45, 2.75) is 19.2 Å². The summed E-state index contributed by atoms with van der Waals surface area (Å²) in [6.45, 7) is 4.17. The summed E-state index contributed by atoms with van der Waals surface area (Å²) in [6, 6.07) is 14.5.